The number of rotatable bonds is 16. The van der Waals surface area contributed by atoms with Gasteiger partial charge in [0.25, 0.3) is 0 Å². The fourth-order valence-electron chi connectivity index (χ4n) is 3.50. The van der Waals surface area contributed by atoms with E-state index in [1.165, 1.54) is 83.5 Å². The zero-order valence-corrected chi connectivity index (χ0v) is 21.3. The molecule has 0 saturated carbocycles. The molecule has 2 aromatic rings. The van der Waals surface area contributed by atoms with E-state index in [0.717, 1.165) is 12.8 Å². The topological polar surface area (TPSA) is 77.8 Å². The lowest BCUT2D eigenvalue weighted by Gasteiger charge is -2.03. The monoisotopic (exact) mass is 472 g/mol. The molecule has 0 aliphatic heterocycles. The van der Waals surface area contributed by atoms with Crippen molar-refractivity contribution in [3.8, 4) is 11.5 Å². The largest absolute Gasteiger partial charge is 0.508 e. The lowest BCUT2D eigenvalue weighted by Crippen LogP contribution is -1.93. The first-order valence-corrected chi connectivity index (χ1v) is 13.3. The van der Waals surface area contributed by atoms with Crippen molar-refractivity contribution in [2.24, 2.45) is 0 Å². The molecule has 0 amide bonds. The summed E-state index contributed by atoms with van der Waals surface area (Å²) in [4.78, 5) is 10.3. The molecule has 0 unspecified atom stereocenters. The number of aromatic hydroxyl groups is 2. The third-order valence-electron chi connectivity index (χ3n) is 5.51. The molecule has 0 saturated heterocycles. The molecule has 2 rings (SSSR count). The summed E-state index contributed by atoms with van der Waals surface area (Å²) in [6.07, 6.45) is 20.2. The van der Waals surface area contributed by atoms with Crippen molar-refractivity contribution in [1.82, 2.24) is 0 Å². The summed E-state index contributed by atoms with van der Waals surface area (Å²) in [5.41, 5.74) is 0. The Hall–Kier alpha value is -2.49. The Balaban J connectivity index is 0.000000619. The van der Waals surface area contributed by atoms with Crippen LogP contribution in [-0.2, 0) is 4.79 Å². The van der Waals surface area contributed by atoms with E-state index < -0.39 is 5.97 Å². The number of benzene rings is 2. The van der Waals surface area contributed by atoms with Crippen LogP contribution in [-0.4, -0.2) is 21.3 Å². The van der Waals surface area contributed by atoms with Gasteiger partial charge in [-0.15, -0.1) is 0 Å². The van der Waals surface area contributed by atoms with Gasteiger partial charge in [-0.1, -0.05) is 133 Å². The van der Waals surface area contributed by atoms with Gasteiger partial charge in [-0.3, -0.25) is 4.79 Å². The quantitative estimate of drug-likeness (QED) is 0.213. The molecule has 0 heterocycles. The second-order valence-corrected chi connectivity index (χ2v) is 8.76. The molecule has 0 atom stereocenters. The van der Waals surface area contributed by atoms with Crippen molar-refractivity contribution in [2.45, 2.75) is 110 Å². The number of hydrogen-bond acceptors (Lipinski definition) is 3. The first kappa shape index (κ1) is 31.5. The fourth-order valence-corrected chi connectivity index (χ4v) is 3.50. The first-order valence-electron chi connectivity index (χ1n) is 13.3. The van der Waals surface area contributed by atoms with Crippen LogP contribution in [0, 0.1) is 0 Å². The third kappa shape index (κ3) is 25.8. The van der Waals surface area contributed by atoms with Crippen molar-refractivity contribution in [1.29, 1.82) is 0 Å². The van der Waals surface area contributed by atoms with Crippen LogP contribution in [0.25, 0.3) is 0 Å². The minimum atomic E-state index is -0.653. The van der Waals surface area contributed by atoms with Crippen molar-refractivity contribution < 1.29 is 20.1 Å². The van der Waals surface area contributed by atoms with Gasteiger partial charge in [0, 0.05) is 6.42 Å². The Bertz CT molecular complexity index is 621. The van der Waals surface area contributed by atoms with Crippen molar-refractivity contribution >= 4 is 5.97 Å². The molecule has 192 valence electrons. The Labute approximate surface area is 208 Å². The molecule has 4 heteroatoms. The lowest BCUT2D eigenvalue weighted by atomic mass is 10.0. The van der Waals surface area contributed by atoms with E-state index in [-0.39, 0.29) is 0 Å². The Morgan fingerprint density at radius 3 is 1.06 bits per heavy atom. The highest BCUT2D eigenvalue weighted by atomic mass is 16.4. The minimum absolute atomic E-state index is 0.322. The molecule has 0 fully saturated rings. The van der Waals surface area contributed by atoms with Gasteiger partial charge in [0.2, 0.25) is 0 Å². The highest BCUT2D eigenvalue weighted by Gasteiger charge is 1.97. The molecule has 0 aliphatic rings. The Kier molecular flexibility index (Phi) is 23.3. The highest BCUT2D eigenvalue weighted by Crippen LogP contribution is 2.13. The number of phenols is 2. The van der Waals surface area contributed by atoms with Gasteiger partial charge in [0.05, 0.1) is 0 Å². The van der Waals surface area contributed by atoms with Crippen LogP contribution in [0.15, 0.2) is 60.7 Å². The molecule has 0 bridgehead atoms. The van der Waals surface area contributed by atoms with Crippen LogP contribution < -0.4 is 0 Å². The molecule has 2 aromatic carbocycles. The molecule has 0 aromatic heterocycles. The first-order chi connectivity index (χ1) is 16.6. The molecule has 0 radical (unpaired) electrons. The molecule has 4 nitrogen and oxygen atoms in total. The molecule has 0 spiro atoms. The average Bonchev–Trinajstić information content (AvgIpc) is 2.83. The number of carboxylic acid groups (broad SMARTS) is 1. The zero-order chi connectivity index (χ0) is 25.1. The molecule has 3 N–H and O–H groups in total. The number of aliphatic carboxylic acids is 1. The standard InChI is InChI=1S/C18H36O2.2C6H6O/c1-2-3-4-5-6-7-8-9-10-11-12-13-14-15-16-17-18(19)20;2*7-6-4-2-1-3-5-6/h2-17H2,1H3,(H,19,20);2*1-5,7H. The molecular weight excluding hydrogens is 424 g/mol. The van der Waals surface area contributed by atoms with Crippen LogP contribution >= 0.6 is 0 Å². The minimum Gasteiger partial charge on any atom is -0.508 e. The van der Waals surface area contributed by atoms with Gasteiger partial charge in [-0.2, -0.15) is 0 Å². The van der Waals surface area contributed by atoms with Gasteiger partial charge in [-0.25, -0.2) is 0 Å². The number of hydrogen-bond donors (Lipinski definition) is 3. The highest BCUT2D eigenvalue weighted by molar-refractivity contribution is 5.66. The second kappa shape index (κ2) is 25.1. The SMILES string of the molecule is CCCCCCCCCCCCCCCCCC(=O)O.Oc1ccccc1.Oc1ccccc1. The normalized spacial score (nSPS) is 9.91. The molecule has 0 aliphatic carbocycles. The summed E-state index contributed by atoms with van der Waals surface area (Å²) >= 11 is 0. The fraction of sp³-hybridized carbons (Fsp3) is 0.567. The van der Waals surface area contributed by atoms with Crippen LogP contribution in [0.5, 0.6) is 11.5 Å². The van der Waals surface area contributed by atoms with Crippen LogP contribution in [0.2, 0.25) is 0 Å². The van der Waals surface area contributed by atoms with E-state index >= 15 is 0 Å². The van der Waals surface area contributed by atoms with E-state index in [0.29, 0.717) is 17.9 Å². The van der Waals surface area contributed by atoms with Crippen LogP contribution in [0.4, 0.5) is 0 Å². The van der Waals surface area contributed by atoms with E-state index in [2.05, 4.69) is 6.92 Å². The maximum atomic E-state index is 10.3. The number of carbonyl (C=O) groups is 1. The van der Waals surface area contributed by atoms with Gasteiger partial charge in [0.1, 0.15) is 11.5 Å². The molecular formula is C30H48O4. The maximum Gasteiger partial charge on any atom is 0.303 e. The molecule has 34 heavy (non-hydrogen) atoms. The van der Waals surface area contributed by atoms with E-state index in [1.807, 2.05) is 12.1 Å². The number of unbranched alkanes of at least 4 members (excludes halogenated alkanes) is 14. The summed E-state index contributed by atoms with van der Waals surface area (Å²) in [5.74, 6) is -0.00954. The van der Waals surface area contributed by atoms with E-state index in [4.69, 9.17) is 15.3 Å². The third-order valence-corrected chi connectivity index (χ3v) is 5.51. The van der Waals surface area contributed by atoms with Gasteiger partial charge in [-0.05, 0) is 30.7 Å². The van der Waals surface area contributed by atoms with Gasteiger partial charge >= 0.3 is 5.97 Å². The number of phenolic OH excluding ortho intramolecular Hbond substituents is 2. The van der Waals surface area contributed by atoms with Crippen molar-refractivity contribution in [3.63, 3.8) is 0 Å². The van der Waals surface area contributed by atoms with E-state index in [1.54, 1.807) is 48.5 Å². The van der Waals surface area contributed by atoms with Crippen LogP contribution in [0.1, 0.15) is 110 Å². The summed E-state index contributed by atoms with van der Waals surface area (Å²) in [6.45, 7) is 2.27. The van der Waals surface area contributed by atoms with E-state index in [9.17, 15) is 4.79 Å². The maximum absolute atomic E-state index is 10.3. The number of para-hydroxylation sites is 2. The zero-order valence-electron chi connectivity index (χ0n) is 21.3. The predicted molar refractivity (Wildman–Crippen MR) is 143 cm³/mol. The van der Waals surface area contributed by atoms with Crippen LogP contribution in [0.3, 0.4) is 0 Å². The van der Waals surface area contributed by atoms with Gasteiger partial charge < -0.3 is 15.3 Å². The van der Waals surface area contributed by atoms with Gasteiger partial charge in [0.15, 0.2) is 0 Å². The second-order valence-electron chi connectivity index (χ2n) is 8.76. The smallest absolute Gasteiger partial charge is 0.303 e. The Morgan fingerprint density at radius 2 is 0.824 bits per heavy atom. The predicted octanol–water partition coefficient (Wildman–Crippen LogP) is 9.12. The van der Waals surface area contributed by atoms with Crippen molar-refractivity contribution in [2.75, 3.05) is 0 Å². The summed E-state index contributed by atoms with van der Waals surface area (Å²) in [5, 5.41) is 25.8. The summed E-state index contributed by atoms with van der Waals surface area (Å²) < 4.78 is 0. The Morgan fingerprint density at radius 1 is 0.529 bits per heavy atom. The summed E-state index contributed by atoms with van der Waals surface area (Å²) in [6, 6.07) is 17.4. The lowest BCUT2D eigenvalue weighted by molar-refractivity contribution is -0.137. The number of carboxylic acids is 1. The average molecular weight is 473 g/mol. The summed E-state index contributed by atoms with van der Waals surface area (Å²) in [7, 11) is 0. The van der Waals surface area contributed by atoms with Crippen molar-refractivity contribution in [3.05, 3.63) is 60.7 Å².